The third kappa shape index (κ3) is 4.57. The first-order valence-corrected chi connectivity index (χ1v) is 12.6. The molecule has 1 aromatic carbocycles. The van der Waals surface area contributed by atoms with Crippen LogP contribution in [-0.4, -0.2) is 53.7 Å². The van der Waals surface area contributed by atoms with Crippen molar-refractivity contribution in [3.8, 4) is 5.00 Å². The van der Waals surface area contributed by atoms with Gasteiger partial charge in [-0.3, -0.25) is 14.9 Å². The van der Waals surface area contributed by atoms with Crippen LogP contribution < -0.4 is 5.32 Å². The van der Waals surface area contributed by atoms with Gasteiger partial charge in [-0.2, -0.15) is 5.10 Å². The Bertz CT molecular complexity index is 1430. The average molecular weight is 505 g/mol. The molecule has 3 aromatic heterocycles. The summed E-state index contributed by atoms with van der Waals surface area (Å²) in [6.45, 7) is 8.24. The summed E-state index contributed by atoms with van der Waals surface area (Å²) in [5, 5.41) is 18.5. The second-order valence-electron chi connectivity index (χ2n) is 9.38. The van der Waals surface area contributed by atoms with Crippen LogP contribution >= 0.6 is 11.3 Å². The van der Waals surface area contributed by atoms with E-state index in [4.69, 9.17) is 4.98 Å². The SMILES string of the molecule is C=CC(=O)N1CCC[C@@H]1Cn1c(NC(=O)c2ccc(-n3cccn3)s2)nc2cc(C(C)(C)O)ccc21. The number of hydrogen-bond acceptors (Lipinski definition) is 6. The molecule has 4 heterocycles. The summed E-state index contributed by atoms with van der Waals surface area (Å²) in [4.78, 5) is 32.7. The van der Waals surface area contributed by atoms with Crippen LogP contribution in [0.2, 0.25) is 0 Å². The van der Waals surface area contributed by atoms with E-state index in [1.54, 1.807) is 30.8 Å². The number of imidazole rings is 1. The Hall–Kier alpha value is -3.76. The van der Waals surface area contributed by atoms with Crippen molar-refractivity contribution in [1.82, 2.24) is 24.2 Å². The van der Waals surface area contributed by atoms with Crippen LogP contribution in [0.3, 0.4) is 0 Å². The summed E-state index contributed by atoms with van der Waals surface area (Å²) in [6, 6.07) is 11.0. The van der Waals surface area contributed by atoms with Crippen LogP contribution in [0.15, 0.2) is 61.4 Å². The minimum Gasteiger partial charge on any atom is -0.386 e. The van der Waals surface area contributed by atoms with Gasteiger partial charge in [0.15, 0.2) is 0 Å². The maximum atomic E-state index is 13.2. The second-order valence-corrected chi connectivity index (χ2v) is 10.4. The highest BCUT2D eigenvalue weighted by molar-refractivity contribution is 7.16. The normalized spacial score (nSPS) is 16.0. The maximum Gasteiger partial charge on any atom is 0.268 e. The summed E-state index contributed by atoms with van der Waals surface area (Å²) >= 11 is 1.33. The van der Waals surface area contributed by atoms with Crippen LogP contribution in [0.1, 0.15) is 41.9 Å². The van der Waals surface area contributed by atoms with Gasteiger partial charge in [0.2, 0.25) is 11.9 Å². The van der Waals surface area contributed by atoms with Crippen LogP contribution in [0.5, 0.6) is 0 Å². The highest BCUT2D eigenvalue weighted by atomic mass is 32.1. The molecule has 2 amide bonds. The lowest BCUT2D eigenvalue weighted by molar-refractivity contribution is -0.126. The zero-order valence-corrected chi connectivity index (χ0v) is 21.0. The largest absolute Gasteiger partial charge is 0.386 e. The molecule has 1 atom stereocenters. The number of anilines is 1. The number of likely N-dealkylation sites (tertiary alicyclic amines) is 1. The molecule has 9 nitrogen and oxygen atoms in total. The Balaban J connectivity index is 1.49. The molecule has 1 aliphatic heterocycles. The van der Waals surface area contributed by atoms with Crippen molar-refractivity contribution in [2.24, 2.45) is 0 Å². The number of aliphatic hydroxyl groups is 1. The van der Waals surface area contributed by atoms with Gasteiger partial charge in [-0.05, 0) is 68.7 Å². The Labute approximate surface area is 212 Å². The van der Waals surface area contributed by atoms with E-state index in [9.17, 15) is 14.7 Å². The Morgan fingerprint density at radius 3 is 2.86 bits per heavy atom. The van der Waals surface area contributed by atoms with Gasteiger partial charge in [-0.25, -0.2) is 9.67 Å². The Morgan fingerprint density at radius 2 is 2.14 bits per heavy atom. The summed E-state index contributed by atoms with van der Waals surface area (Å²) in [5.41, 5.74) is 1.18. The number of carbonyl (C=O) groups is 2. The minimum atomic E-state index is -1.03. The molecular formula is C26H28N6O3S. The van der Waals surface area contributed by atoms with Crippen molar-refractivity contribution >= 4 is 40.1 Å². The minimum absolute atomic E-state index is 0.0364. The van der Waals surface area contributed by atoms with Gasteiger partial charge in [-0.15, -0.1) is 11.3 Å². The molecule has 0 bridgehead atoms. The van der Waals surface area contributed by atoms with Crippen LogP contribution in [0.25, 0.3) is 16.0 Å². The van der Waals surface area contributed by atoms with E-state index < -0.39 is 5.60 Å². The zero-order chi connectivity index (χ0) is 25.4. The molecule has 0 spiro atoms. The highest BCUT2D eigenvalue weighted by Crippen LogP contribution is 2.30. The van der Waals surface area contributed by atoms with E-state index in [1.807, 2.05) is 46.0 Å². The lowest BCUT2D eigenvalue weighted by Crippen LogP contribution is -2.37. The Morgan fingerprint density at radius 1 is 1.31 bits per heavy atom. The van der Waals surface area contributed by atoms with Crippen molar-refractivity contribution in [1.29, 1.82) is 0 Å². The van der Waals surface area contributed by atoms with Gasteiger partial charge < -0.3 is 14.6 Å². The standard InChI is InChI=1S/C26H28N6O3S/c1-4-22(33)30-13-5-7-18(30)16-31-20-9-8-17(26(2,3)35)15-19(20)28-25(31)29-24(34)21-10-11-23(36-21)32-14-6-12-27-32/h4,6,8-12,14-15,18,35H,1,5,7,13,16H2,2-3H3,(H,28,29,34)/t18-/m1/s1. The molecule has 10 heteroatoms. The summed E-state index contributed by atoms with van der Waals surface area (Å²) in [5.74, 6) is 0.0273. The fourth-order valence-electron chi connectivity index (χ4n) is 4.57. The topological polar surface area (TPSA) is 105 Å². The molecule has 186 valence electrons. The quantitative estimate of drug-likeness (QED) is 0.371. The first kappa shape index (κ1) is 24.0. The van der Waals surface area contributed by atoms with Crippen molar-refractivity contribution < 1.29 is 14.7 Å². The highest BCUT2D eigenvalue weighted by Gasteiger charge is 2.29. The van der Waals surface area contributed by atoms with Crippen LogP contribution in [-0.2, 0) is 16.9 Å². The number of thiophene rings is 1. The molecular weight excluding hydrogens is 476 g/mol. The number of amides is 2. The van der Waals surface area contributed by atoms with Crippen molar-refractivity contribution in [2.75, 3.05) is 11.9 Å². The average Bonchev–Trinajstić information content (AvgIpc) is 3.64. The van der Waals surface area contributed by atoms with E-state index in [0.29, 0.717) is 29.4 Å². The van der Waals surface area contributed by atoms with E-state index in [1.165, 1.54) is 17.4 Å². The van der Waals surface area contributed by atoms with E-state index in [0.717, 1.165) is 28.9 Å². The first-order chi connectivity index (χ1) is 17.2. The number of hydrogen-bond donors (Lipinski definition) is 2. The van der Waals surface area contributed by atoms with E-state index in [-0.39, 0.29) is 17.9 Å². The lowest BCUT2D eigenvalue weighted by atomic mass is 9.98. The smallest absolute Gasteiger partial charge is 0.268 e. The van der Waals surface area contributed by atoms with Gasteiger partial charge in [0.25, 0.3) is 5.91 Å². The predicted octanol–water partition coefficient (Wildman–Crippen LogP) is 3.94. The van der Waals surface area contributed by atoms with Gasteiger partial charge >= 0.3 is 0 Å². The fraction of sp³-hybridized carbons (Fsp3) is 0.308. The number of carbonyl (C=O) groups excluding carboxylic acids is 2. The predicted molar refractivity (Wildman–Crippen MR) is 139 cm³/mol. The van der Waals surface area contributed by atoms with Gasteiger partial charge in [0.05, 0.1) is 27.6 Å². The molecule has 0 radical (unpaired) electrons. The number of nitrogens with zero attached hydrogens (tertiary/aromatic N) is 5. The Kier molecular flexibility index (Phi) is 6.23. The summed E-state index contributed by atoms with van der Waals surface area (Å²) < 4.78 is 3.66. The molecule has 1 aliphatic rings. The van der Waals surface area contributed by atoms with Crippen LogP contribution in [0.4, 0.5) is 5.95 Å². The summed E-state index contributed by atoms with van der Waals surface area (Å²) in [7, 11) is 0. The summed E-state index contributed by atoms with van der Waals surface area (Å²) in [6.07, 6.45) is 6.62. The third-order valence-corrected chi connectivity index (χ3v) is 7.53. The van der Waals surface area contributed by atoms with Gasteiger partial charge in [0, 0.05) is 25.5 Å². The van der Waals surface area contributed by atoms with Gasteiger partial charge in [0.1, 0.15) is 5.00 Å². The molecule has 0 saturated carbocycles. The molecule has 1 fully saturated rings. The molecule has 36 heavy (non-hydrogen) atoms. The number of rotatable bonds is 7. The second kappa shape index (κ2) is 9.36. The molecule has 2 N–H and O–H groups in total. The van der Waals surface area contributed by atoms with Crippen molar-refractivity contribution in [2.45, 2.75) is 44.9 Å². The molecule has 5 rings (SSSR count). The molecule has 1 saturated heterocycles. The molecule has 0 unspecified atom stereocenters. The van der Waals surface area contributed by atoms with Gasteiger partial charge in [-0.1, -0.05) is 12.6 Å². The zero-order valence-electron chi connectivity index (χ0n) is 20.2. The number of aromatic nitrogens is 4. The van der Waals surface area contributed by atoms with E-state index >= 15 is 0 Å². The van der Waals surface area contributed by atoms with Crippen LogP contribution in [0, 0.1) is 0 Å². The van der Waals surface area contributed by atoms with Crippen molar-refractivity contribution in [3.05, 3.63) is 71.9 Å². The number of fused-ring (bicyclic) bond motifs is 1. The third-order valence-electron chi connectivity index (χ3n) is 6.45. The maximum absolute atomic E-state index is 13.2. The molecule has 0 aliphatic carbocycles. The number of nitrogens with one attached hydrogen (secondary N) is 1. The van der Waals surface area contributed by atoms with E-state index in [2.05, 4.69) is 17.0 Å². The molecule has 4 aromatic rings. The monoisotopic (exact) mass is 504 g/mol. The first-order valence-electron chi connectivity index (χ1n) is 11.8. The lowest BCUT2D eigenvalue weighted by Gasteiger charge is -2.25. The number of benzene rings is 1. The fourth-order valence-corrected chi connectivity index (χ4v) is 5.41. The van der Waals surface area contributed by atoms with Crippen molar-refractivity contribution in [3.63, 3.8) is 0 Å².